The minimum Gasteiger partial charge on any atom is -0.481 e. The molecule has 0 radical (unpaired) electrons. The zero-order valence-electron chi connectivity index (χ0n) is 21.8. The number of carboxylic acids is 1. The van der Waals surface area contributed by atoms with Crippen LogP contribution >= 0.6 is 0 Å². The number of aliphatic hydroxyl groups excluding tert-OH is 1. The Morgan fingerprint density at radius 2 is 1.72 bits per heavy atom. The van der Waals surface area contributed by atoms with Crippen LogP contribution in [-0.2, 0) is 4.79 Å². The lowest BCUT2D eigenvalue weighted by molar-refractivity contribution is -0.138. The monoisotopic (exact) mass is 502 g/mol. The molecule has 0 bridgehead atoms. The van der Waals surface area contributed by atoms with Crippen molar-refractivity contribution in [3.05, 3.63) is 59.5 Å². The summed E-state index contributed by atoms with van der Waals surface area (Å²) in [5.74, 6) is -0.565. The molecule has 0 amide bonds. The summed E-state index contributed by atoms with van der Waals surface area (Å²) >= 11 is 0. The van der Waals surface area contributed by atoms with Crippen molar-refractivity contribution < 1.29 is 24.1 Å². The van der Waals surface area contributed by atoms with Gasteiger partial charge in [-0.05, 0) is 55.5 Å². The fourth-order valence-electron chi connectivity index (χ4n) is 4.20. The number of halogens is 1. The van der Waals surface area contributed by atoms with Crippen LogP contribution in [0.2, 0.25) is 0 Å². The first-order valence-electron chi connectivity index (χ1n) is 13.4. The first-order chi connectivity index (χ1) is 17.5. The van der Waals surface area contributed by atoms with Gasteiger partial charge in [-0.2, -0.15) is 0 Å². The topological polar surface area (TPSA) is 91.7 Å². The number of aliphatic carboxylic acids is 1. The van der Waals surface area contributed by atoms with Crippen LogP contribution in [0.5, 0.6) is 5.88 Å². The van der Waals surface area contributed by atoms with E-state index in [0.717, 1.165) is 24.1 Å². The van der Waals surface area contributed by atoms with E-state index in [9.17, 15) is 14.3 Å². The summed E-state index contributed by atoms with van der Waals surface area (Å²) in [6, 6.07) is 9.84. The molecule has 200 valence electrons. The molecule has 1 aliphatic carbocycles. The lowest BCUT2D eigenvalue weighted by Gasteiger charge is -2.16. The molecule has 1 aromatic carbocycles. The standard InChI is InChI=1S/C19H34N2O2.C10H9FO2/c1-3-5-6-7-8-9-10-11-14-20-18(16-22)17-12-13-19(21-15-17)23-4-2;11-7-3-1-6(2-4-7)8-5-9(8)10(12)13/h12-13,15,18,20,22H,3-11,14,16H2,1-2H3;1-4,8-9H,5H2,(H,12,13)/t18-;8-,9+/m01/s1. The summed E-state index contributed by atoms with van der Waals surface area (Å²) in [5, 5.41) is 21.6. The second-order valence-electron chi connectivity index (χ2n) is 9.37. The average molecular weight is 503 g/mol. The van der Waals surface area contributed by atoms with Gasteiger partial charge in [0.25, 0.3) is 0 Å². The second kappa shape index (κ2) is 17.0. The average Bonchev–Trinajstić information content (AvgIpc) is 3.69. The van der Waals surface area contributed by atoms with E-state index < -0.39 is 5.97 Å². The molecule has 2 aromatic rings. The van der Waals surface area contributed by atoms with Gasteiger partial charge in [0.05, 0.1) is 25.2 Å². The molecule has 0 unspecified atom stereocenters. The highest BCUT2D eigenvalue weighted by atomic mass is 19.1. The number of carboxylic acid groups (broad SMARTS) is 1. The van der Waals surface area contributed by atoms with E-state index in [4.69, 9.17) is 9.84 Å². The number of ether oxygens (including phenoxy) is 1. The summed E-state index contributed by atoms with van der Waals surface area (Å²) < 4.78 is 17.9. The van der Waals surface area contributed by atoms with Crippen molar-refractivity contribution in [3.8, 4) is 5.88 Å². The summed E-state index contributed by atoms with van der Waals surface area (Å²) in [6.45, 7) is 5.84. The molecule has 1 aliphatic rings. The molecular formula is C29H43FN2O4. The molecule has 7 heteroatoms. The second-order valence-corrected chi connectivity index (χ2v) is 9.37. The van der Waals surface area contributed by atoms with E-state index in [0.29, 0.717) is 18.9 Å². The Morgan fingerprint density at radius 3 is 2.25 bits per heavy atom. The zero-order valence-corrected chi connectivity index (χ0v) is 21.8. The first kappa shape index (κ1) is 29.7. The number of hydrogen-bond donors (Lipinski definition) is 3. The fourth-order valence-corrected chi connectivity index (χ4v) is 4.20. The van der Waals surface area contributed by atoms with Crippen LogP contribution in [0, 0.1) is 11.7 Å². The molecule has 3 rings (SSSR count). The first-order valence-corrected chi connectivity index (χ1v) is 13.4. The van der Waals surface area contributed by atoms with E-state index >= 15 is 0 Å². The number of nitrogens with zero attached hydrogens (tertiary/aromatic N) is 1. The number of hydrogen-bond acceptors (Lipinski definition) is 5. The van der Waals surface area contributed by atoms with E-state index in [1.165, 1.54) is 57.1 Å². The number of carbonyl (C=O) groups is 1. The normalized spacial score (nSPS) is 17.1. The Morgan fingerprint density at radius 1 is 1.06 bits per heavy atom. The Bertz CT molecular complexity index is 861. The van der Waals surface area contributed by atoms with Crippen LogP contribution in [0.1, 0.15) is 94.7 Å². The molecule has 3 N–H and O–H groups in total. The molecule has 0 aliphatic heterocycles. The molecule has 1 saturated carbocycles. The predicted molar refractivity (Wildman–Crippen MR) is 141 cm³/mol. The molecular weight excluding hydrogens is 459 g/mol. The molecule has 1 heterocycles. The Balaban J connectivity index is 0.000000293. The van der Waals surface area contributed by atoms with Crippen molar-refractivity contribution in [1.29, 1.82) is 0 Å². The lowest BCUT2D eigenvalue weighted by Crippen LogP contribution is -2.25. The van der Waals surface area contributed by atoms with Gasteiger partial charge >= 0.3 is 5.97 Å². The number of rotatable bonds is 16. The van der Waals surface area contributed by atoms with E-state index in [1.54, 1.807) is 18.3 Å². The van der Waals surface area contributed by atoms with Gasteiger partial charge in [-0.3, -0.25) is 4.79 Å². The number of aromatic nitrogens is 1. The number of nitrogens with one attached hydrogen (secondary N) is 1. The molecule has 6 nitrogen and oxygen atoms in total. The van der Waals surface area contributed by atoms with Gasteiger partial charge in [0.2, 0.25) is 5.88 Å². The van der Waals surface area contributed by atoms with Crippen molar-refractivity contribution in [3.63, 3.8) is 0 Å². The van der Waals surface area contributed by atoms with Gasteiger partial charge < -0.3 is 20.3 Å². The Kier molecular flexibility index (Phi) is 14.1. The number of aliphatic hydroxyl groups is 1. The molecule has 0 spiro atoms. The predicted octanol–water partition coefficient (Wildman–Crippen LogP) is 6.26. The SMILES string of the molecule is CCCCCCCCCCN[C@@H](CO)c1ccc(OCC)nc1.O=C(O)[C@H]1C[C@@H]1c1ccc(F)cc1. The maximum Gasteiger partial charge on any atom is 0.307 e. The summed E-state index contributed by atoms with van der Waals surface area (Å²) in [7, 11) is 0. The van der Waals surface area contributed by atoms with Gasteiger partial charge in [-0.1, -0.05) is 70.1 Å². The summed E-state index contributed by atoms with van der Waals surface area (Å²) in [5.41, 5.74) is 1.93. The number of pyridine rings is 1. The Hall–Kier alpha value is -2.51. The maximum atomic E-state index is 12.5. The minimum atomic E-state index is -0.755. The van der Waals surface area contributed by atoms with E-state index in [2.05, 4.69) is 17.2 Å². The van der Waals surface area contributed by atoms with E-state index in [-0.39, 0.29) is 30.3 Å². The smallest absolute Gasteiger partial charge is 0.307 e. The van der Waals surface area contributed by atoms with Gasteiger partial charge in [0.1, 0.15) is 5.82 Å². The minimum absolute atomic E-state index is 0.0391. The molecule has 1 fully saturated rings. The third kappa shape index (κ3) is 11.0. The molecule has 36 heavy (non-hydrogen) atoms. The summed E-state index contributed by atoms with van der Waals surface area (Å²) in [6.07, 6.45) is 13.0. The van der Waals surface area contributed by atoms with Crippen molar-refractivity contribution in [1.82, 2.24) is 10.3 Å². The van der Waals surface area contributed by atoms with Crippen molar-refractivity contribution >= 4 is 5.97 Å². The summed E-state index contributed by atoms with van der Waals surface area (Å²) in [4.78, 5) is 14.8. The van der Waals surface area contributed by atoms with Gasteiger partial charge in [0, 0.05) is 12.3 Å². The largest absolute Gasteiger partial charge is 0.481 e. The van der Waals surface area contributed by atoms with Crippen molar-refractivity contribution in [2.75, 3.05) is 19.8 Å². The van der Waals surface area contributed by atoms with Crippen LogP contribution in [0.25, 0.3) is 0 Å². The number of benzene rings is 1. The number of unbranched alkanes of at least 4 members (excludes halogenated alkanes) is 7. The lowest BCUT2D eigenvalue weighted by atomic mass is 10.1. The highest BCUT2D eigenvalue weighted by molar-refractivity contribution is 5.75. The van der Waals surface area contributed by atoms with Crippen LogP contribution in [0.4, 0.5) is 4.39 Å². The Labute approximate surface area is 215 Å². The third-order valence-corrected chi connectivity index (χ3v) is 6.46. The van der Waals surface area contributed by atoms with Crippen LogP contribution in [0.3, 0.4) is 0 Å². The van der Waals surface area contributed by atoms with E-state index in [1.807, 2.05) is 19.1 Å². The maximum absolute atomic E-state index is 12.5. The molecule has 1 aromatic heterocycles. The highest BCUT2D eigenvalue weighted by Gasteiger charge is 2.43. The van der Waals surface area contributed by atoms with Gasteiger partial charge in [0.15, 0.2) is 0 Å². The highest BCUT2D eigenvalue weighted by Crippen LogP contribution is 2.47. The van der Waals surface area contributed by atoms with Gasteiger partial charge in [-0.25, -0.2) is 9.37 Å². The fraction of sp³-hybridized carbons (Fsp3) is 0.586. The van der Waals surface area contributed by atoms with Crippen molar-refractivity contribution in [2.45, 2.75) is 83.6 Å². The third-order valence-electron chi connectivity index (χ3n) is 6.46. The van der Waals surface area contributed by atoms with Crippen LogP contribution in [0.15, 0.2) is 42.6 Å². The molecule has 0 saturated heterocycles. The van der Waals surface area contributed by atoms with Gasteiger partial charge in [-0.15, -0.1) is 0 Å². The van der Waals surface area contributed by atoms with Crippen LogP contribution in [-0.4, -0.2) is 40.9 Å². The zero-order chi connectivity index (χ0) is 26.2. The van der Waals surface area contributed by atoms with Crippen molar-refractivity contribution in [2.24, 2.45) is 5.92 Å². The molecule has 3 atom stereocenters. The van der Waals surface area contributed by atoms with Crippen LogP contribution < -0.4 is 10.1 Å². The quantitative estimate of drug-likeness (QED) is 0.235.